The Morgan fingerprint density at radius 1 is 0.950 bits per heavy atom. The minimum absolute atomic E-state index is 0.0557. The normalized spacial score (nSPS) is 15.1. The highest BCUT2D eigenvalue weighted by atomic mass is 35.5. The second-order valence-corrected chi connectivity index (χ2v) is 9.83. The second-order valence-electron chi connectivity index (χ2n) is 9.40. The number of hydrogen-bond donors (Lipinski definition) is 1. The molecule has 1 aliphatic rings. The number of rotatable bonds is 9. The molecule has 0 aromatic heterocycles. The molecule has 40 heavy (non-hydrogen) atoms. The minimum Gasteiger partial charge on any atom is -0.493 e. The number of hydrogen-bond acceptors (Lipinski definition) is 5. The van der Waals surface area contributed by atoms with Crippen molar-refractivity contribution in [2.45, 2.75) is 31.7 Å². The van der Waals surface area contributed by atoms with E-state index in [2.05, 4.69) is 0 Å². The predicted molar refractivity (Wildman–Crippen MR) is 151 cm³/mol. The van der Waals surface area contributed by atoms with E-state index in [0.29, 0.717) is 40.0 Å². The third kappa shape index (κ3) is 5.90. The van der Waals surface area contributed by atoms with Crippen molar-refractivity contribution < 1.29 is 28.9 Å². The van der Waals surface area contributed by atoms with Crippen LogP contribution in [0.25, 0.3) is 0 Å². The van der Waals surface area contributed by atoms with Crippen LogP contribution >= 0.6 is 11.6 Å². The van der Waals surface area contributed by atoms with Crippen molar-refractivity contribution in [1.29, 1.82) is 0 Å². The summed E-state index contributed by atoms with van der Waals surface area (Å²) in [6, 6.07) is 27.9. The van der Waals surface area contributed by atoms with Gasteiger partial charge < -0.3 is 24.2 Å². The van der Waals surface area contributed by atoms with E-state index in [9.17, 15) is 14.7 Å². The number of benzene rings is 4. The zero-order valence-corrected chi connectivity index (χ0v) is 22.6. The zero-order valence-electron chi connectivity index (χ0n) is 21.8. The SMILES string of the molecule is COc1ccc2c(c1OCc1ccccc1)CC(C(=O)O)N(C(=O)C(Oc1ccc(Cl)cc1)c1ccccc1)C2. The van der Waals surface area contributed by atoms with Crippen LogP contribution in [0.4, 0.5) is 0 Å². The molecule has 0 radical (unpaired) electrons. The molecule has 8 heteroatoms. The fourth-order valence-corrected chi connectivity index (χ4v) is 4.93. The largest absolute Gasteiger partial charge is 0.493 e. The summed E-state index contributed by atoms with van der Waals surface area (Å²) >= 11 is 6.03. The average Bonchev–Trinajstić information content (AvgIpc) is 2.99. The summed E-state index contributed by atoms with van der Waals surface area (Å²) in [6.45, 7) is 0.364. The first-order chi connectivity index (χ1) is 19.4. The Balaban J connectivity index is 1.48. The van der Waals surface area contributed by atoms with Gasteiger partial charge in [0.25, 0.3) is 5.91 Å². The topological polar surface area (TPSA) is 85.3 Å². The van der Waals surface area contributed by atoms with Gasteiger partial charge in [-0.2, -0.15) is 0 Å². The highest BCUT2D eigenvalue weighted by molar-refractivity contribution is 6.30. The third-order valence-electron chi connectivity index (χ3n) is 6.84. The molecule has 0 bridgehead atoms. The lowest BCUT2D eigenvalue weighted by atomic mass is 9.91. The summed E-state index contributed by atoms with van der Waals surface area (Å²) < 4.78 is 17.9. The van der Waals surface area contributed by atoms with E-state index in [4.69, 9.17) is 25.8 Å². The Bertz CT molecular complexity index is 1480. The van der Waals surface area contributed by atoms with Gasteiger partial charge in [-0.15, -0.1) is 0 Å². The molecule has 1 N–H and O–H groups in total. The van der Waals surface area contributed by atoms with E-state index in [1.165, 1.54) is 4.90 Å². The first-order valence-corrected chi connectivity index (χ1v) is 13.2. The number of amides is 1. The van der Waals surface area contributed by atoms with Crippen molar-refractivity contribution in [2.75, 3.05) is 7.11 Å². The number of carbonyl (C=O) groups excluding carboxylic acids is 1. The first kappa shape index (κ1) is 27.1. The summed E-state index contributed by atoms with van der Waals surface area (Å²) in [6.07, 6.45) is -1.00. The van der Waals surface area contributed by atoms with Gasteiger partial charge in [0.1, 0.15) is 18.4 Å². The molecule has 1 aliphatic heterocycles. The van der Waals surface area contributed by atoms with Crippen LogP contribution in [0.5, 0.6) is 17.2 Å². The van der Waals surface area contributed by atoms with Gasteiger partial charge in [-0.1, -0.05) is 78.3 Å². The van der Waals surface area contributed by atoms with Crippen LogP contribution in [0.1, 0.15) is 28.4 Å². The quantitative estimate of drug-likeness (QED) is 0.268. The smallest absolute Gasteiger partial charge is 0.326 e. The Hall–Kier alpha value is -4.49. The van der Waals surface area contributed by atoms with Crippen LogP contribution in [-0.4, -0.2) is 35.0 Å². The molecular formula is C32H28ClNO6. The Labute approximate surface area is 237 Å². The molecule has 0 saturated carbocycles. The minimum atomic E-state index is -1.13. The van der Waals surface area contributed by atoms with Crippen molar-refractivity contribution in [1.82, 2.24) is 4.90 Å². The maximum absolute atomic E-state index is 14.1. The summed E-state index contributed by atoms with van der Waals surface area (Å²) in [5.41, 5.74) is 3.07. The van der Waals surface area contributed by atoms with E-state index in [1.807, 2.05) is 54.6 Å². The lowest BCUT2D eigenvalue weighted by molar-refractivity contribution is -0.155. The molecule has 2 unspecified atom stereocenters. The van der Waals surface area contributed by atoms with Gasteiger partial charge in [0.2, 0.25) is 6.10 Å². The monoisotopic (exact) mass is 557 g/mol. The van der Waals surface area contributed by atoms with Crippen LogP contribution in [0.2, 0.25) is 5.02 Å². The molecule has 0 saturated heterocycles. The molecule has 4 aromatic rings. The van der Waals surface area contributed by atoms with Crippen LogP contribution in [0, 0.1) is 0 Å². The van der Waals surface area contributed by atoms with Gasteiger partial charge in [-0.25, -0.2) is 4.79 Å². The van der Waals surface area contributed by atoms with Crippen LogP contribution in [0.3, 0.4) is 0 Å². The fraction of sp³-hybridized carbons (Fsp3) is 0.188. The molecule has 4 aromatic carbocycles. The highest BCUT2D eigenvalue weighted by Crippen LogP contribution is 2.40. The molecule has 1 heterocycles. The summed E-state index contributed by atoms with van der Waals surface area (Å²) in [4.78, 5) is 28.0. The van der Waals surface area contributed by atoms with E-state index in [1.54, 1.807) is 49.6 Å². The second kappa shape index (κ2) is 12.1. The number of nitrogens with zero attached hydrogens (tertiary/aromatic N) is 1. The van der Waals surface area contributed by atoms with Gasteiger partial charge in [-0.3, -0.25) is 4.79 Å². The first-order valence-electron chi connectivity index (χ1n) is 12.8. The standard InChI is InChI=1S/C32H28ClNO6/c1-38-28-17-12-23-19-34(27(32(36)37)18-26(23)30(28)39-20-21-8-4-2-5-9-21)31(35)29(22-10-6-3-7-11-22)40-25-15-13-24(33)14-16-25/h2-17,27,29H,18-20H2,1H3,(H,36,37). The lowest BCUT2D eigenvalue weighted by Crippen LogP contribution is -2.51. The van der Waals surface area contributed by atoms with E-state index >= 15 is 0 Å². The summed E-state index contributed by atoms with van der Waals surface area (Å²) in [5, 5.41) is 10.8. The summed E-state index contributed by atoms with van der Waals surface area (Å²) in [5.74, 6) is -0.140. The molecule has 0 aliphatic carbocycles. The molecule has 0 spiro atoms. The zero-order chi connectivity index (χ0) is 28.1. The van der Waals surface area contributed by atoms with Crippen LogP contribution < -0.4 is 14.2 Å². The van der Waals surface area contributed by atoms with Crippen molar-refractivity contribution in [3.8, 4) is 17.2 Å². The molecule has 5 rings (SSSR count). The molecule has 204 valence electrons. The molecule has 7 nitrogen and oxygen atoms in total. The number of carboxylic acids is 1. The van der Waals surface area contributed by atoms with Crippen molar-refractivity contribution in [3.05, 3.63) is 124 Å². The molecule has 0 fully saturated rings. The van der Waals surface area contributed by atoms with Crippen molar-refractivity contribution >= 4 is 23.5 Å². The van der Waals surface area contributed by atoms with Gasteiger partial charge in [0, 0.05) is 29.1 Å². The number of aliphatic carboxylic acids is 1. The van der Waals surface area contributed by atoms with E-state index in [-0.39, 0.29) is 13.0 Å². The molecule has 2 atom stereocenters. The Kier molecular flexibility index (Phi) is 8.22. The number of methoxy groups -OCH3 is 1. The maximum Gasteiger partial charge on any atom is 0.326 e. The Morgan fingerprint density at radius 2 is 1.62 bits per heavy atom. The van der Waals surface area contributed by atoms with Gasteiger partial charge >= 0.3 is 5.97 Å². The van der Waals surface area contributed by atoms with Gasteiger partial charge in [0.15, 0.2) is 11.5 Å². The Morgan fingerprint density at radius 3 is 2.27 bits per heavy atom. The highest BCUT2D eigenvalue weighted by Gasteiger charge is 2.40. The number of fused-ring (bicyclic) bond motifs is 1. The molecule has 1 amide bonds. The molecular weight excluding hydrogens is 530 g/mol. The number of halogens is 1. The van der Waals surface area contributed by atoms with Gasteiger partial charge in [0.05, 0.1) is 7.11 Å². The van der Waals surface area contributed by atoms with Crippen molar-refractivity contribution in [3.63, 3.8) is 0 Å². The van der Waals surface area contributed by atoms with Crippen LogP contribution in [-0.2, 0) is 29.2 Å². The summed E-state index contributed by atoms with van der Waals surface area (Å²) in [7, 11) is 1.54. The predicted octanol–water partition coefficient (Wildman–Crippen LogP) is 6.09. The fourth-order valence-electron chi connectivity index (χ4n) is 4.81. The third-order valence-corrected chi connectivity index (χ3v) is 7.10. The van der Waals surface area contributed by atoms with Gasteiger partial charge in [-0.05, 0) is 41.5 Å². The lowest BCUT2D eigenvalue weighted by Gasteiger charge is -2.37. The average molecular weight is 558 g/mol. The number of ether oxygens (including phenoxy) is 3. The number of carboxylic acid groups (broad SMARTS) is 1. The van der Waals surface area contributed by atoms with Crippen molar-refractivity contribution in [2.24, 2.45) is 0 Å². The van der Waals surface area contributed by atoms with E-state index < -0.39 is 24.0 Å². The van der Waals surface area contributed by atoms with E-state index in [0.717, 1.165) is 11.1 Å². The number of carbonyl (C=O) groups is 2. The maximum atomic E-state index is 14.1. The van der Waals surface area contributed by atoms with Crippen LogP contribution in [0.15, 0.2) is 97.1 Å².